The van der Waals surface area contributed by atoms with Crippen LogP contribution in [0.4, 0.5) is 0 Å². The molecule has 21 heavy (non-hydrogen) atoms. The molecule has 1 saturated carbocycles. The molecule has 112 valence electrons. The van der Waals surface area contributed by atoms with Crippen LogP contribution in [0, 0.1) is 5.92 Å². The number of likely N-dealkylation sites (tertiary alicyclic amines) is 1. The first-order valence-electron chi connectivity index (χ1n) is 7.69. The fourth-order valence-electron chi connectivity index (χ4n) is 3.62. The summed E-state index contributed by atoms with van der Waals surface area (Å²) >= 11 is 0. The summed E-state index contributed by atoms with van der Waals surface area (Å²) in [5.74, 6) is 0.173. The summed E-state index contributed by atoms with van der Waals surface area (Å²) in [6.45, 7) is 0.681. The van der Waals surface area contributed by atoms with Gasteiger partial charge in [0, 0.05) is 42.8 Å². The van der Waals surface area contributed by atoms with Gasteiger partial charge in [0.05, 0.1) is 0 Å². The highest BCUT2D eigenvalue weighted by atomic mass is 16.2. The van der Waals surface area contributed by atoms with Crippen LogP contribution in [-0.4, -0.2) is 34.2 Å². The van der Waals surface area contributed by atoms with Gasteiger partial charge in [0.15, 0.2) is 0 Å². The number of piperidine rings is 1. The number of nitrogens with one attached hydrogen (secondary N) is 1. The van der Waals surface area contributed by atoms with E-state index >= 15 is 0 Å². The van der Waals surface area contributed by atoms with E-state index in [0.717, 1.165) is 32.1 Å². The first-order chi connectivity index (χ1) is 10.2. The molecule has 0 spiro atoms. The highest BCUT2D eigenvalue weighted by Gasteiger charge is 2.38. The average Bonchev–Trinajstić information content (AvgIpc) is 2.92. The van der Waals surface area contributed by atoms with Crippen molar-refractivity contribution in [2.45, 2.75) is 44.6 Å². The zero-order valence-electron chi connectivity index (χ0n) is 12.0. The monoisotopic (exact) mass is 288 g/mol. The molecule has 1 saturated heterocycles. The third kappa shape index (κ3) is 2.77. The van der Waals surface area contributed by atoms with E-state index in [2.05, 4.69) is 4.98 Å². The van der Waals surface area contributed by atoms with Crippen molar-refractivity contribution in [2.24, 2.45) is 5.92 Å². The number of Topliss-reactive ketones (excluding diaryl/α,β-unsaturated/α-hetero) is 1. The van der Waals surface area contributed by atoms with Crippen molar-refractivity contribution in [3.63, 3.8) is 0 Å². The lowest BCUT2D eigenvalue weighted by atomic mass is 9.88. The summed E-state index contributed by atoms with van der Waals surface area (Å²) in [7, 11) is 0. The van der Waals surface area contributed by atoms with Gasteiger partial charge in [0.1, 0.15) is 5.78 Å². The Morgan fingerprint density at radius 2 is 2.05 bits per heavy atom. The van der Waals surface area contributed by atoms with Crippen LogP contribution in [0.5, 0.6) is 0 Å². The van der Waals surface area contributed by atoms with E-state index in [9.17, 15) is 14.4 Å². The minimum Gasteiger partial charge on any atom is -0.335 e. The fourth-order valence-corrected chi connectivity index (χ4v) is 3.62. The van der Waals surface area contributed by atoms with Gasteiger partial charge in [-0.25, -0.2) is 0 Å². The van der Waals surface area contributed by atoms with Gasteiger partial charge >= 0.3 is 0 Å². The fraction of sp³-hybridized carbons (Fsp3) is 0.562. The number of hydrogen-bond donors (Lipinski definition) is 1. The maximum Gasteiger partial charge on any atom is 0.254 e. The zero-order valence-corrected chi connectivity index (χ0v) is 12.0. The molecule has 2 atom stereocenters. The highest BCUT2D eigenvalue weighted by Crippen LogP contribution is 2.33. The van der Waals surface area contributed by atoms with E-state index in [-0.39, 0.29) is 23.4 Å². The third-order valence-corrected chi connectivity index (χ3v) is 4.65. The third-order valence-electron chi connectivity index (χ3n) is 4.65. The van der Waals surface area contributed by atoms with E-state index in [0.29, 0.717) is 24.3 Å². The van der Waals surface area contributed by atoms with Gasteiger partial charge in [-0.2, -0.15) is 0 Å². The second-order valence-corrected chi connectivity index (χ2v) is 5.97. The lowest BCUT2D eigenvalue weighted by Crippen LogP contribution is -2.48. The first kappa shape index (κ1) is 14.0. The minimum absolute atomic E-state index is 0.00348. The summed E-state index contributed by atoms with van der Waals surface area (Å²) in [6, 6.07) is 2.98. The van der Waals surface area contributed by atoms with Crippen molar-refractivity contribution < 1.29 is 9.59 Å². The van der Waals surface area contributed by atoms with Crippen molar-refractivity contribution in [3.05, 3.63) is 34.2 Å². The molecular formula is C16H20N2O3. The molecule has 1 aliphatic heterocycles. The summed E-state index contributed by atoms with van der Waals surface area (Å²) in [5.41, 5.74) is 0.141. The Kier molecular flexibility index (Phi) is 3.90. The number of H-pyrrole nitrogens is 1. The summed E-state index contributed by atoms with van der Waals surface area (Å²) < 4.78 is 0. The Hall–Kier alpha value is -1.91. The van der Waals surface area contributed by atoms with Crippen LogP contribution in [0.25, 0.3) is 0 Å². The molecule has 1 aliphatic carbocycles. The molecule has 0 bridgehead atoms. The van der Waals surface area contributed by atoms with Crippen molar-refractivity contribution >= 4 is 11.7 Å². The molecular weight excluding hydrogens is 268 g/mol. The lowest BCUT2D eigenvalue weighted by Gasteiger charge is -2.38. The molecule has 3 rings (SSSR count). The van der Waals surface area contributed by atoms with E-state index in [1.54, 1.807) is 6.07 Å². The topological polar surface area (TPSA) is 70.2 Å². The van der Waals surface area contributed by atoms with Crippen molar-refractivity contribution in [2.75, 3.05) is 6.54 Å². The van der Waals surface area contributed by atoms with Crippen LogP contribution >= 0.6 is 0 Å². The predicted octanol–water partition coefficient (Wildman–Crippen LogP) is 1.74. The molecule has 1 N–H and O–H groups in total. The number of rotatable bonds is 2. The molecule has 2 fully saturated rings. The minimum atomic E-state index is -0.272. The molecule has 2 aliphatic rings. The molecule has 1 aromatic heterocycles. The Morgan fingerprint density at radius 3 is 2.76 bits per heavy atom. The summed E-state index contributed by atoms with van der Waals surface area (Å²) in [6.07, 6.45) is 6.89. The van der Waals surface area contributed by atoms with Crippen LogP contribution in [-0.2, 0) is 4.79 Å². The molecule has 2 heterocycles. The Bertz CT molecular complexity index is 608. The van der Waals surface area contributed by atoms with Gasteiger partial charge in [-0.1, -0.05) is 0 Å². The number of aromatic amines is 1. The largest absolute Gasteiger partial charge is 0.335 e. The van der Waals surface area contributed by atoms with E-state index < -0.39 is 0 Å². The number of carbonyl (C=O) groups is 2. The van der Waals surface area contributed by atoms with Gasteiger partial charge in [-0.15, -0.1) is 0 Å². The van der Waals surface area contributed by atoms with Gasteiger partial charge in [0.25, 0.3) is 5.91 Å². The number of amides is 1. The van der Waals surface area contributed by atoms with Crippen molar-refractivity contribution in [1.82, 2.24) is 9.88 Å². The molecule has 0 aromatic carbocycles. The van der Waals surface area contributed by atoms with Crippen LogP contribution < -0.4 is 5.56 Å². The smallest absolute Gasteiger partial charge is 0.254 e. The maximum atomic E-state index is 12.7. The number of hydrogen-bond acceptors (Lipinski definition) is 3. The SMILES string of the molecule is O=C1CCCC1C1CCCCN1C(=O)c1cc[nH]c(=O)c1. The summed E-state index contributed by atoms with van der Waals surface area (Å²) in [4.78, 5) is 40.5. The Morgan fingerprint density at radius 1 is 1.19 bits per heavy atom. The molecule has 1 aromatic rings. The molecule has 0 radical (unpaired) electrons. The number of carbonyl (C=O) groups excluding carboxylic acids is 2. The number of nitrogens with zero attached hydrogens (tertiary/aromatic N) is 1. The molecule has 2 unspecified atom stereocenters. The lowest BCUT2D eigenvalue weighted by molar-refractivity contribution is -0.122. The standard InChI is InChI=1S/C16H20N2O3/c19-14-6-3-4-12(14)13-5-1-2-9-18(13)16(21)11-7-8-17-15(20)10-11/h7-8,10,12-13H,1-6,9H2,(H,17,20). The van der Waals surface area contributed by atoms with Gasteiger partial charge in [0.2, 0.25) is 5.56 Å². The summed E-state index contributed by atoms with van der Waals surface area (Å²) in [5, 5.41) is 0. The van der Waals surface area contributed by atoms with E-state index in [1.165, 1.54) is 12.3 Å². The van der Waals surface area contributed by atoms with Crippen molar-refractivity contribution in [3.8, 4) is 0 Å². The van der Waals surface area contributed by atoms with Crippen LogP contribution in [0.1, 0.15) is 48.9 Å². The number of pyridine rings is 1. The van der Waals surface area contributed by atoms with Gasteiger partial charge < -0.3 is 9.88 Å². The zero-order chi connectivity index (χ0) is 14.8. The van der Waals surface area contributed by atoms with Gasteiger partial charge in [-0.3, -0.25) is 14.4 Å². The number of aromatic nitrogens is 1. The highest BCUT2D eigenvalue weighted by molar-refractivity contribution is 5.95. The molecule has 5 heteroatoms. The quantitative estimate of drug-likeness (QED) is 0.901. The van der Waals surface area contributed by atoms with E-state index in [1.807, 2.05) is 4.90 Å². The average molecular weight is 288 g/mol. The van der Waals surface area contributed by atoms with E-state index in [4.69, 9.17) is 0 Å². The maximum absolute atomic E-state index is 12.7. The predicted molar refractivity (Wildman–Crippen MR) is 78.1 cm³/mol. The normalized spacial score (nSPS) is 26.1. The number of ketones is 1. The van der Waals surface area contributed by atoms with Crippen LogP contribution in [0.3, 0.4) is 0 Å². The Balaban J connectivity index is 1.85. The molecule has 5 nitrogen and oxygen atoms in total. The second kappa shape index (κ2) is 5.84. The van der Waals surface area contributed by atoms with Crippen LogP contribution in [0.2, 0.25) is 0 Å². The molecule has 1 amide bonds. The Labute approximate surface area is 123 Å². The van der Waals surface area contributed by atoms with Gasteiger partial charge in [-0.05, 0) is 38.2 Å². The second-order valence-electron chi connectivity index (χ2n) is 5.97. The first-order valence-corrected chi connectivity index (χ1v) is 7.69. The van der Waals surface area contributed by atoms with Crippen molar-refractivity contribution in [1.29, 1.82) is 0 Å². The van der Waals surface area contributed by atoms with Crippen LogP contribution in [0.15, 0.2) is 23.1 Å².